The van der Waals surface area contributed by atoms with E-state index in [9.17, 15) is 43.5 Å². The Labute approximate surface area is 397 Å². The number of aromatic hydroxyl groups is 1. The monoisotopic (exact) mass is 937 g/mol. The van der Waals surface area contributed by atoms with Crippen molar-refractivity contribution in [2.24, 2.45) is 17.6 Å². The number of hydrogen-bond acceptors (Lipinski definition) is 9. The third kappa shape index (κ3) is 17.7. The molecule has 4 rings (SSSR count). The molecule has 0 bridgehead atoms. The number of amides is 8. The molecule has 8 atom stereocenters. The Kier molecular flexibility index (Phi) is 22.9. The number of unbranched alkanes of at least 4 members (excludes halogenated alkanes) is 5. The van der Waals surface area contributed by atoms with Gasteiger partial charge in [0.2, 0.25) is 47.3 Å². The molecule has 0 aromatic heterocycles. The highest BCUT2D eigenvalue weighted by Gasteiger charge is 2.41. The molecule has 3 saturated heterocycles. The SMILES string of the molecule is CCC(C)CC(C)CCCCCCCCC(=O)NC1CCCNC(=O)C2CCCN2C(=O)C(CCC(N)=O)NC(=O)C(CCc2ccc(O)cc2)NC(=O)C2CCCN2C(=O)C(CC)NC1=O. The molecule has 374 valence electrons. The largest absolute Gasteiger partial charge is 0.508 e. The van der Waals surface area contributed by atoms with Crippen molar-refractivity contribution in [2.75, 3.05) is 19.6 Å². The van der Waals surface area contributed by atoms with Crippen LogP contribution in [0, 0.1) is 11.8 Å². The second kappa shape index (κ2) is 28.2. The molecule has 0 radical (unpaired) electrons. The molecule has 8 unspecified atom stereocenters. The molecule has 1 aromatic rings. The van der Waals surface area contributed by atoms with Crippen LogP contribution in [0.5, 0.6) is 5.75 Å². The molecule has 0 aliphatic carbocycles. The first-order valence-electron chi connectivity index (χ1n) is 25.3. The van der Waals surface area contributed by atoms with E-state index in [4.69, 9.17) is 5.73 Å². The Balaban J connectivity index is 1.51. The highest BCUT2D eigenvalue weighted by molar-refractivity contribution is 5.97. The molecule has 17 nitrogen and oxygen atoms in total. The number of nitrogens with zero attached hydrogens (tertiary/aromatic N) is 2. The van der Waals surface area contributed by atoms with E-state index in [-0.39, 0.29) is 69.8 Å². The molecule has 3 heterocycles. The zero-order valence-electron chi connectivity index (χ0n) is 40.6. The van der Waals surface area contributed by atoms with E-state index < -0.39 is 77.6 Å². The second-order valence-corrected chi connectivity index (χ2v) is 19.2. The Morgan fingerprint density at radius 3 is 1.94 bits per heavy atom. The van der Waals surface area contributed by atoms with Gasteiger partial charge in [-0.3, -0.25) is 38.4 Å². The van der Waals surface area contributed by atoms with Crippen LogP contribution in [0.25, 0.3) is 0 Å². The fourth-order valence-corrected chi connectivity index (χ4v) is 9.57. The van der Waals surface area contributed by atoms with Crippen LogP contribution in [-0.4, -0.2) is 118 Å². The minimum Gasteiger partial charge on any atom is -0.508 e. The molecular formula is C50H80N8O9. The molecule has 3 fully saturated rings. The number of benzene rings is 1. The first-order valence-corrected chi connectivity index (χ1v) is 25.3. The van der Waals surface area contributed by atoms with Crippen LogP contribution in [0.4, 0.5) is 0 Å². The van der Waals surface area contributed by atoms with Crippen LogP contribution >= 0.6 is 0 Å². The Morgan fingerprint density at radius 1 is 0.701 bits per heavy atom. The van der Waals surface area contributed by atoms with Crippen molar-refractivity contribution in [3.05, 3.63) is 29.8 Å². The fourth-order valence-electron chi connectivity index (χ4n) is 9.57. The van der Waals surface area contributed by atoms with Gasteiger partial charge >= 0.3 is 0 Å². The van der Waals surface area contributed by atoms with E-state index in [0.29, 0.717) is 44.9 Å². The van der Waals surface area contributed by atoms with Crippen molar-refractivity contribution in [1.82, 2.24) is 36.4 Å². The van der Waals surface area contributed by atoms with Crippen molar-refractivity contribution in [1.29, 1.82) is 0 Å². The number of hydrogen-bond donors (Lipinski definition) is 7. The van der Waals surface area contributed by atoms with Gasteiger partial charge in [0.25, 0.3) is 0 Å². The number of nitrogens with one attached hydrogen (secondary N) is 5. The number of primary amides is 1. The summed E-state index contributed by atoms with van der Waals surface area (Å²) in [6, 6.07) is 0.119. The van der Waals surface area contributed by atoms with Gasteiger partial charge in [-0.15, -0.1) is 0 Å². The summed E-state index contributed by atoms with van der Waals surface area (Å²) in [4.78, 5) is 112. The number of rotatable bonds is 20. The van der Waals surface area contributed by atoms with Crippen molar-refractivity contribution in [3.63, 3.8) is 0 Å². The summed E-state index contributed by atoms with van der Waals surface area (Å²) in [7, 11) is 0. The molecule has 17 heteroatoms. The van der Waals surface area contributed by atoms with Gasteiger partial charge in [0.15, 0.2) is 0 Å². The molecule has 0 saturated carbocycles. The highest BCUT2D eigenvalue weighted by Crippen LogP contribution is 2.24. The summed E-state index contributed by atoms with van der Waals surface area (Å²) in [5, 5.41) is 24.0. The summed E-state index contributed by atoms with van der Waals surface area (Å²) in [6.45, 7) is 9.25. The van der Waals surface area contributed by atoms with Gasteiger partial charge in [-0.25, -0.2) is 0 Å². The van der Waals surface area contributed by atoms with Crippen LogP contribution in [0.15, 0.2) is 24.3 Å². The van der Waals surface area contributed by atoms with Gasteiger partial charge in [0.05, 0.1) is 0 Å². The predicted molar refractivity (Wildman–Crippen MR) is 255 cm³/mol. The minimum absolute atomic E-state index is 0.0601. The summed E-state index contributed by atoms with van der Waals surface area (Å²) in [5.41, 5.74) is 6.25. The van der Waals surface area contributed by atoms with Crippen molar-refractivity contribution in [2.45, 2.75) is 199 Å². The lowest BCUT2D eigenvalue weighted by Crippen LogP contribution is -2.59. The first kappa shape index (κ1) is 54.4. The average molecular weight is 937 g/mol. The van der Waals surface area contributed by atoms with Crippen molar-refractivity contribution in [3.8, 4) is 5.75 Å². The van der Waals surface area contributed by atoms with Crippen LogP contribution < -0.4 is 32.3 Å². The van der Waals surface area contributed by atoms with E-state index in [0.717, 1.165) is 36.7 Å². The lowest BCUT2D eigenvalue weighted by Gasteiger charge is -2.31. The maximum atomic E-state index is 14.2. The number of fused-ring (bicyclic) bond motifs is 2. The predicted octanol–water partition coefficient (Wildman–Crippen LogP) is 4.02. The maximum Gasteiger partial charge on any atom is 0.245 e. The first-order chi connectivity index (χ1) is 32.1. The van der Waals surface area contributed by atoms with Crippen LogP contribution in [0.2, 0.25) is 0 Å². The molecular weight excluding hydrogens is 857 g/mol. The van der Waals surface area contributed by atoms with Crippen LogP contribution in [0.1, 0.15) is 162 Å². The summed E-state index contributed by atoms with van der Waals surface area (Å²) < 4.78 is 0. The lowest BCUT2D eigenvalue weighted by atomic mass is 9.91. The van der Waals surface area contributed by atoms with E-state index in [1.807, 2.05) is 0 Å². The third-order valence-corrected chi connectivity index (χ3v) is 13.8. The second-order valence-electron chi connectivity index (χ2n) is 19.2. The van der Waals surface area contributed by atoms with E-state index >= 15 is 0 Å². The summed E-state index contributed by atoms with van der Waals surface area (Å²) in [6.07, 6.45) is 12.4. The Bertz CT molecular complexity index is 1810. The highest BCUT2D eigenvalue weighted by atomic mass is 16.3. The van der Waals surface area contributed by atoms with Gasteiger partial charge in [0, 0.05) is 32.5 Å². The Hall–Kier alpha value is -5.22. The van der Waals surface area contributed by atoms with Gasteiger partial charge in [0.1, 0.15) is 42.0 Å². The summed E-state index contributed by atoms with van der Waals surface area (Å²) >= 11 is 0. The molecule has 0 spiro atoms. The third-order valence-electron chi connectivity index (χ3n) is 13.8. The van der Waals surface area contributed by atoms with Crippen LogP contribution in [0.3, 0.4) is 0 Å². The quantitative estimate of drug-likeness (QED) is 0.0932. The normalized spacial score (nSPS) is 24.6. The maximum absolute atomic E-state index is 14.2. The van der Waals surface area contributed by atoms with Gasteiger partial charge < -0.3 is 47.2 Å². The number of aryl methyl sites for hydroxylation is 1. The minimum atomic E-state index is -1.25. The lowest BCUT2D eigenvalue weighted by molar-refractivity contribution is -0.143. The zero-order chi connectivity index (χ0) is 48.9. The standard InChI is InChI=1S/C50H80N8O9/c1-5-33(3)32-34(4)16-11-9-7-8-10-12-20-44(61)53-38-17-13-29-52-47(64)41-18-14-30-57(41)50(67)40(27-28-43(51)60)56-46(63)39(26-23-35-21-24-36(59)25-22-35)55-48(65)42-19-15-31-58(42)49(66)37(6-2)54-45(38)62/h21-22,24-25,33-34,37-42,59H,5-20,23,26-32H2,1-4H3,(H2,51,60)(H,52,64)(H,53,61)(H,54,62)(H,55,65)(H,56,63). The molecule has 8 amide bonds. The average Bonchev–Trinajstić information content (AvgIpc) is 4.01. The van der Waals surface area contributed by atoms with Gasteiger partial charge in [-0.05, 0) is 107 Å². The summed E-state index contributed by atoms with van der Waals surface area (Å²) in [5.74, 6) is -2.70. The smallest absolute Gasteiger partial charge is 0.245 e. The molecule has 67 heavy (non-hydrogen) atoms. The van der Waals surface area contributed by atoms with E-state index in [1.165, 1.54) is 54.0 Å². The zero-order valence-corrected chi connectivity index (χ0v) is 40.6. The topological polar surface area (TPSA) is 249 Å². The van der Waals surface area contributed by atoms with Crippen molar-refractivity contribution >= 4 is 47.3 Å². The molecule has 3 aliphatic rings. The fraction of sp³-hybridized carbons (Fsp3) is 0.720. The molecule has 1 aromatic carbocycles. The number of nitrogens with two attached hydrogens (primary N) is 1. The van der Waals surface area contributed by atoms with Gasteiger partial charge in [-0.2, -0.15) is 0 Å². The number of phenols is 1. The molecule has 3 aliphatic heterocycles. The number of phenolic OH excluding ortho intramolecular Hbond substituents is 1. The van der Waals surface area contributed by atoms with E-state index in [2.05, 4.69) is 47.4 Å². The van der Waals surface area contributed by atoms with E-state index in [1.54, 1.807) is 19.1 Å². The van der Waals surface area contributed by atoms with Crippen molar-refractivity contribution < 1.29 is 43.5 Å². The van der Waals surface area contributed by atoms with Crippen LogP contribution in [-0.2, 0) is 44.8 Å². The van der Waals surface area contributed by atoms with Gasteiger partial charge in [-0.1, -0.05) is 84.8 Å². The number of carbonyl (C=O) groups excluding carboxylic acids is 8. The Morgan fingerprint density at radius 2 is 1.30 bits per heavy atom. The molecule has 8 N–H and O–H groups in total. The number of carbonyl (C=O) groups is 8.